The van der Waals surface area contributed by atoms with Crippen LogP contribution in [0, 0.1) is 0 Å². The van der Waals surface area contributed by atoms with Gasteiger partial charge in [-0.15, -0.1) is 0 Å². The van der Waals surface area contributed by atoms with Crippen LogP contribution in [-0.2, 0) is 6.54 Å². The van der Waals surface area contributed by atoms with E-state index in [1.807, 2.05) is 18.2 Å². The molecule has 21 heavy (non-hydrogen) atoms. The van der Waals surface area contributed by atoms with E-state index in [0.717, 1.165) is 33.6 Å². The maximum atomic E-state index is 6.39. The first-order chi connectivity index (χ1) is 10.3. The van der Waals surface area contributed by atoms with Crippen molar-refractivity contribution in [2.75, 3.05) is 6.54 Å². The molecule has 0 atom stereocenters. The lowest BCUT2D eigenvalue weighted by atomic mass is 10.2. The van der Waals surface area contributed by atoms with Crippen molar-refractivity contribution in [3.63, 3.8) is 0 Å². The molecule has 0 aliphatic carbocycles. The first-order valence-corrected chi connectivity index (χ1v) is 8.21. The SMILES string of the molecule is CCNCc1cccc(Cl)c1Sc1cc2ccccc2[nH]1. The number of nitrogens with one attached hydrogen (secondary N) is 2. The molecule has 1 heterocycles. The van der Waals surface area contributed by atoms with Crippen LogP contribution in [0.2, 0.25) is 5.02 Å². The molecule has 1 aromatic heterocycles. The zero-order valence-corrected chi connectivity index (χ0v) is 13.4. The van der Waals surface area contributed by atoms with Crippen LogP contribution in [0.3, 0.4) is 0 Å². The van der Waals surface area contributed by atoms with E-state index in [4.69, 9.17) is 11.6 Å². The molecule has 2 N–H and O–H groups in total. The molecule has 0 radical (unpaired) electrons. The summed E-state index contributed by atoms with van der Waals surface area (Å²) >= 11 is 8.08. The van der Waals surface area contributed by atoms with Crippen LogP contribution in [0.1, 0.15) is 12.5 Å². The lowest BCUT2D eigenvalue weighted by Gasteiger charge is -2.10. The number of benzene rings is 2. The van der Waals surface area contributed by atoms with Crippen LogP contribution in [-0.4, -0.2) is 11.5 Å². The Bertz CT molecular complexity index is 718. The molecule has 108 valence electrons. The Kier molecular flexibility index (Phi) is 4.54. The number of H-pyrrole nitrogens is 1. The van der Waals surface area contributed by atoms with Gasteiger partial charge in [0.1, 0.15) is 0 Å². The number of hydrogen-bond donors (Lipinski definition) is 2. The van der Waals surface area contributed by atoms with Crippen molar-refractivity contribution in [1.29, 1.82) is 0 Å². The highest BCUT2D eigenvalue weighted by molar-refractivity contribution is 7.99. The van der Waals surface area contributed by atoms with Crippen LogP contribution in [0.15, 0.2) is 58.5 Å². The molecular formula is C17H17ClN2S. The van der Waals surface area contributed by atoms with Gasteiger partial charge in [0.25, 0.3) is 0 Å². The van der Waals surface area contributed by atoms with Crippen molar-refractivity contribution in [3.8, 4) is 0 Å². The number of hydrogen-bond acceptors (Lipinski definition) is 2. The zero-order chi connectivity index (χ0) is 14.7. The molecule has 0 saturated carbocycles. The van der Waals surface area contributed by atoms with E-state index in [1.165, 1.54) is 10.9 Å². The highest BCUT2D eigenvalue weighted by Crippen LogP contribution is 2.36. The Morgan fingerprint density at radius 2 is 2.00 bits per heavy atom. The molecule has 0 bridgehead atoms. The third kappa shape index (κ3) is 3.26. The van der Waals surface area contributed by atoms with Crippen molar-refractivity contribution in [2.45, 2.75) is 23.4 Å². The summed E-state index contributed by atoms with van der Waals surface area (Å²) < 4.78 is 0. The van der Waals surface area contributed by atoms with E-state index in [-0.39, 0.29) is 0 Å². The molecule has 2 nitrogen and oxygen atoms in total. The molecule has 2 aromatic carbocycles. The maximum Gasteiger partial charge on any atom is 0.0781 e. The number of fused-ring (bicyclic) bond motifs is 1. The highest BCUT2D eigenvalue weighted by Gasteiger charge is 2.10. The monoisotopic (exact) mass is 316 g/mol. The van der Waals surface area contributed by atoms with Crippen molar-refractivity contribution in [3.05, 3.63) is 59.1 Å². The quantitative estimate of drug-likeness (QED) is 0.687. The number of halogens is 1. The second-order valence-corrected chi connectivity index (χ2v) is 6.29. The van der Waals surface area contributed by atoms with Crippen LogP contribution >= 0.6 is 23.4 Å². The van der Waals surface area contributed by atoms with Crippen LogP contribution in [0.5, 0.6) is 0 Å². The zero-order valence-electron chi connectivity index (χ0n) is 11.8. The van der Waals surface area contributed by atoms with E-state index in [1.54, 1.807) is 11.8 Å². The molecule has 0 saturated heterocycles. The fraction of sp³-hybridized carbons (Fsp3) is 0.176. The van der Waals surface area contributed by atoms with E-state index < -0.39 is 0 Å². The molecule has 0 aliphatic rings. The smallest absolute Gasteiger partial charge is 0.0781 e. The Hall–Kier alpha value is -1.42. The molecule has 0 unspecified atom stereocenters. The van der Waals surface area contributed by atoms with Gasteiger partial charge < -0.3 is 10.3 Å². The molecular weight excluding hydrogens is 300 g/mol. The number of aromatic amines is 1. The van der Waals surface area contributed by atoms with Gasteiger partial charge in [0.2, 0.25) is 0 Å². The van der Waals surface area contributed by atoms with Gasteiger partial charge in [-0.25, -0.2) is 0 Å². The molecule has 3 rings (SSSR count). The van der Waals surface area contributed by atoms with Crippen molar-refractivity contribution < 1.29 is 0 Å². The third-order valence-corrected chi connectivity index (χ3v) is 4.88. The molecule has 0 aliphatic heterocycles. The normalized spacial score (nSPS) is 11.1. The predicted molar refractivity (Wildman–Crippen MR) is 91.3 cm³/mol. The van der Waals surface area contributed by atoms with Gasteiger partial charge >= 0.3 is 0 Å². The minimum Gasteiger partial charge on any atom is -0.349 e. The van der Waals surface area contributed by atoms with Gasteiger partial charge in [-0.3, -0.25) is 0 Å². The van der Waals surface area contributed by atoms with Gasteiger partial charge in [0.15, 0.2) is 0 Å². The summed E-state index contributed by atoms with van der Waals surface area (Å²) in [4.78, 5) is 4.56. The van der Waals surface area contributed by atoms with E-state index in [2.05, 4.69) is 47.6 Å². The van der Waals surface area contributed by atoms with Crippen molar-refractivity contribution >= 4 is 34.3 Å². The summed E-state index contributed by atoms with van der Waals surface area (Å²) in [7, 11) is 0. The lowest BCUT2D eigenvalue weighted by molar-refractivity contribution is 0.718. The Labute approximate surface area is 133 Å². The first-order valence-electron chi connectivity index (χ1n) is 7.01. The summed E-state index contributed by atoms with van der Waals surface area (Å²) in [5.74, 6) is 0. The molecule has 3 aromatic rings. The molecule has 0 fully saturated rings. The third-order valence-electron chi connectivity index (χ3n) is 3.33. The van der Waals surface area contributed by atoms with E-state index in [0.29, 0.717) is 0 Å². The Balaban J connectivity index is 1.93. The van der Waals surface area contributed by atoms with Crippen LogP contribution in [0.4, 0.5) is 0 Å². The van der Waals surface area contributed by atoms with Gasteiger partial charge in [0, 0.05) is 22.3 Å². The highest BCUT2D eigenvalue weighted by atomic mass is 35.5. The number of para-hydroxylation sites is 1. The second-order valence-electron chi connectivity index (χ2n) is 4.83. The topological polar surface area (TPSA) is 27.8 Å². The largest absolute Gasteiger partial charge is 0.349 e. The summed E-state index contributed by atoms with van der Waals surface area (Å²) in [5, 5.41) is 6.50. The lowest BCUT2D eigenvalue weighted by Crippen LogP contribution is -2.12. The van der Waals surface area contributed by atoms with E-state index >= 15 is 0 Å². The predicted octanol–water partition coefficient (Wildman–Crippen LogP) is 5.08. The van der Waals surface area contributed by atoms with Crippen LogP contribution in [0.25, 0.3) is 10.9 Å². The molecule has 0 amide bonds. The van der Waals surface area contributed by atoms with Crippen molar-refractivity contribution in [2.24, 2.45) is 0 Å². The molecule has 4 heteroatoms. The maximum absolute atomic E-state index is 6.39. The fourth-order valence-corrected chi connectivity index (χ4v) is 3.59. The average molecular weight is 317 g/mol. The van der Waals surface area contributed by atoms with Gasteiger partial charge in [-0.2, -0.15) is 0 Å². The standard InChI is InChI=1S/C17H17ClN2S/c1-2-19-11-13-7-5-8-14(18)17(13)21-16-10-12-6-3-4-9-15(12)20-16/h3-10,19-20H,2,11H2,1H3. The van der Waals surface area contributed by atoms with E-state index in [9.17, 15) is 0 Å². The summed E-state index contributed by atoms with van der Waals surface area (Å²) in [6.45, 7) is 3.89. The van der Waals surface area contributed by atoms with Crippen LogP contribution < -0.4 is 5.32 Å². The summed E-state index contributed by atoms with van der Waals surface area (Å²) in [6, 6.07) is 16.5. The van der Waals surface area contributed by atoms with Gasteiger partial charge in [-0.05, 0) is 30.3 Å². The second kappa shape index (κ2) is 6.56. The van der Waals surface area contributed by atoms with Gasteiger partial charge in [0.05, 0.1) is 10.0 Å². The minimum atomic E-state index is 0.800. The minimum absolute atomic E-state index is 0.800. The molecule has 0 spiro atoms. The van der Waals surface area contributed by atoms with Crippen molar-refractivity contribution in [1.82, 2.24) is 10.3 Å². The fourth-order valence-electron chi connectivity index (χ4n) is 2.28. The number of rotatable bonds is 5. The van der Waals surface area contributed by atoms with Gasteiger partial charge in [-0.1, -0.05) is 60.6 Å². The number of aromatic nitrogens is 1. The Morgan fingerprint density at radius 3 is 2.81 bits per heavy atom. The first kappa shape index (κ1) is 14.5. The summed E-state index contributed by atoms with van der Waals surface area (Å²) in [5.41, 5.74) is 2.38. The summed E-state index contributed by atoms with van der Waals surface area (Å²) in [6.07, 6.45) is 0. The average Bonchev–Trinajstić information content (AvgIpc) is 2.90. The Morgan fingerprint density at radius 1 is 1.14 bits per heavy atom.